The van der Waals surface area contributed by atoms with Crippen molar-refractivity contribution in [1.82, 2.24) is 5.32 Å². The Morgan fingerprint density at radius 2 is 1.53 bits per heavy atom. The molecule has 0 radical (unpaired) electrons. The van der Waals surface area contributed by atoms with Gasteiger partial charge in [0.05, 0.1) is 6.61 Å². The van der Waals surface area contributed by atoms with Gasteiger partial charge in [-0.3, -0.25) is 0 Å². The minimum Gasteiger partial charge on any atom is -0.394 e. The van der Waals surface area contributed by atoms with Gasteiger partial charge >= 0.3 is 0 Å². The van der Waals surface area contributed by atoms with Gasteiger partial charge in [0, 0.05) is 0 Å². The predicted molar refractivity (Wildman–Crippen MR) is 52.2 cm³/mol. The standard InChI is InChI=1S/C6H12O6.C2H7N/c7-1-3(9)5(11)6(12)4(10)2-8;1-3-2/h1,3-6,8-12H,2H2;3H,1-2H3/t3-,4+,5+,6+;/m0./s1. The van der Waals surface area contributed by atoms with E-state index in [1.54, 1.807) is 0 Å². The van der Waals surface area contributed by atoms with Crippen molar-refractivity contribution in [3.8, 4) is 0 Å². The fourth-order valence-corrected chi connectivity index (χ4v) is 0.618. The monoisotopic (exact) mass is 225 g/mol. The summed E-state index contributed by atoms with van der Waals surface area (Å²) in [6.07, 6.45) is -6.84. The highest BCUT2D eigenvalue weighted by molar-refractivity contribution is 5.56. The molecule has 0 saturated carbocycles. The third-order valence-corrected chi connectivity index (χ3v) is 1.42. The van der Waals surface area contributed by atoms with Crippen LogP contribution in [-0.2, 0) is 4.79 Å². The second kappa shape index (κ2) is 9.97. The number of aldehydes is 1. The molecule has 4 atom stereocenters. The third kappa shape index (κ3) is 7.37. The maximum Gasteiger partial charge on any atom is 0.151 e. The Morgan fingerprint density at radius 1 is 1.13 bits per heavy atom. The molecule has 0 amide bonds. The number of hydrogen-bond donors (Lipinski definition) is 6. The maximum atomic E-state index is 9.90. The van der Waals surface area contributed by atoms with E-state index >= 15 is 0 Å². The number of carbonyl (C=O) groups is 1. The third-order valence-electron chi connectivity index (χ3n) is 1.42. The summed E-state index contributed by atoms with van der Waals surface area (Å²) >= 11 is 0. The van der Waals surface area contributed by atoms with Gasteiger partial charge in [-0.15, -0.1) is 0 Å². The molecular formula is C8H19NO6. The molecule has 0 bridgehead atoms. The Kier molecular flexibility index (Phi) is 11.2. The first-order valence-corrected chi connectivity index (χ1v) is 4.33. The van der Waals surface area contributed by atoms with Crippen molar-refractivity contribution in [2.75, 3.05) is 20.7 Å². The Balaban J connectivity index is 0. The van der Waals surface area contributed by atoms with Crippen molar-refractivity contribution in [3.05, 3.63) is 0 Å². The van der Waals surface area contributed by atoms with Gasteiger partial charge in [0.25, 0.3) is 0 Å². The normalized spacial score (nSPS) is 18.1. The van der Waals surface area contributed by atoms with Gasteiger partial charge in [0.2, 0.25) is 0 Å². The van der Waals surface area contributed by atoms with Gasteiger partial charge in [0.1, 0.15) is 24.4 Å². The molecule has 0 aliphatic heterocycles. The van der Waals surface area contributed by atoms with E-state index in [2.05, 4.69) is 5.32 Å². The van der Waals surface area contributed by atoms with Crippen molar-refractivity contribution in [2.45, 2.75) is 24.4 Å². The van der Waals surface area contributed by atoms with E-state index in [1.165, 1.54) is 0 Å². The SMILES string of the molecule is CNC.O=C[C@H](O)[C@@H](O)[C@H](O)[C@H](O)CO. The van der Waals surface area contributed by atoms with Gasteiger partial charge in [-0.1, -0.05) is 0 Å². The van der Waals surface area contributed by atoms with E-state index in [0.717, 1.165) is 0 Å². The number of aliphatic hydroxyl groups excluding tert-OH is 5. The van der Waals surface area contributed by atoms with Crippen LogP contribution in [0.1, 0.15) is 0 Å². The van der Waals surface area contributed by atoms with Crippen molar-refractivity contribution >= 4 is 6.29 Å². The number of nitrogens with one attached hydrogen (secondary N) is 1. The topological polar surface area (TPSA) is 130 Å². The lowest BCUT2D eigenvalue weighted by Gasteiger charge is -2.22. The van der Waals surface area contributed by atoms with Crippen LogP contribution < -0.4 is 5.32 Å². The van der Waals surface area contributed by atoms with Crippen molar-refractivity contribution in [2.24, 2.45) is 0 Å². The van der Waals surface area contributed by atoms with Crippen LogP contribution in [0.3, 0.4) is 0 Å². The molecule has 7 heteroatoms. The molecule has 15 heavy (non-hydrogen) atoms. The molecule has 0 aliphatic rings. The molecule has 0 aromatic heterocycles. The minimum atomic E-state index is -1.79. The van der Waals surface area contributed by atoms with Crippen LogP contribution in [0.25, 0.3) is 0 Å². The fraction of sp³-hybridized carbons (Fsp3) is 0.875. The van der Waals surface area contributed by atoms with E-state index in [0.29, 0.717) is 0 Å². The van der Waals surface area contributed by atoms with Crippen molar-refractivity contribution < 1.29 is 30.3 Å². The van der Waals surface area contributed by atoms with Crippen LogP contribution >= 0.6 is 0 Å². The molecule has 7 nitrogen and oxygen atoms in total. The molecule has 0 unspecified atom stereocenters. The summed E-state index contributed by atoms with van der Waals surface area (Å²) in [7, 11) is 3.75. The number of aliphatic hydroxyl groups is 5. The Morgan fingerprint density at radius 3 is 1.80 bits per heavy atom. The number of carbonyl (C=O) groups excluding carboxylic acids is 1. The average molecular weight is 225 g/mol. The minimum absolute atomic E-state index is 0.0258. The summed E-state index contributed by atoms with van der Waals surface area (Å²) in [5, 5.41) is 46.3. The molecule has 0 fully saturated rings. The predicted octanol–water partition coefficient (Wildman–Crippen LogP) is -3.54. The van der Waals surface area contributed by atoms with Crippen LogP contribution in [0.5, 0.6) is 0 Å². The molecule has 6 N–H and O–H groups in total. The van der Waals surface area contributed by atoms with Crippen LogP contribution in [0.2, 0.25) is 0 Å². The summed E-state index contributed by atoms with van der Waals surface area (Å²) in [4.78, 5) is 9.90. The van der Waals surface area contributed by atoms with Crippen molar-refractivity contribution in [1.29, 1.82) is 0 Å². The van der Waals surface area contributed by atoms with E-state index in [4.69, 9.17) is 25.5 Å². The highest BCUT2D eigenvalue weighted by Gasteiger charge is 2.29. The summed E-state index contributed by atoms with van der Waals surface area (Å²) in [5.41, 5.74) is 0. The molecule has 0 spiro atoms. The zero-order chi connectivity index (χ0) is 12.4. The maximum absolute atomic E-state index is 9.90. The molecule has 0 aromatic rings. The first-order chi connectivity index (χ1) is 6.95. The zero-order valence-corrected chi connectivity index (χ0v) is 8.74. The van der Waals surface area contributed by atoms with Crippen LogP contribution in [0.15, 0.2) is 0 Å². The van der Waals surface area contributed by atoms with Gasteiger partial charge in [-0.25, -0.2) is 0 Å². The Labute approximate surface area is 88.0 Å². The molecule has 0 aromatic carbocycles. The first-order valence-electron chi connectivity index (χ1n) is 4.33. The van der Waals surface area contributed by atoms with Crippen molar-refractivity contribution in [3.63, 3.8) is 0 Å². The second-order valence-corrected chi connectivity index (χ2v) is 2.86. The molecule has 0 heterocycles. The van der Waals surface area contributed by atoms with Crippen LogP contribution in [0.4, 0.5) is 0 Å². The number of rotatable bonds is 5. The summed E-state index contributed by atoms with van der Waals surface area (Å²) < 4.78 is 0. The first kappa shape index (κ1) is 16.8. The largest absolute Gasteiger partial charge is 0.394 e. The summed E-state index contributed by atoms with van der Waals surface area (Å²) in [6.45, 7) is -0.760. The zero-order valence-electron chi connectivity index (χ0n) is 8.74. The average Bonchev–Trinajstić information content (AvgIpc) is 2.25. The van der Waals surface area contributed by atoms with E-state index in [1.807, 2.05) is 14.1 Å². The number of hydrogen-bond acceptors (Lipinski definition) is 7. The van der Waals surface area contributed by atoms with E-state index in [-0.39, 0.29) is 6.29 Å². The van der Waals surface area contributed by atoms with Gasteiger partial charge in [-0.05, 0) is 14.1 Å². The lowest BCUT2D eigenvalue weighted by atomic mass is 10.0. The fourth-order valence-electron chi connectivity index (χ4n) is 0.618. The molecular weight excluding hydrogens is 206 g/mol. The van der Waals surface area contributed by atoms with Gasteiger partial charge in [0.15, 0.2) is 6.29 Å². The van der Waals surface area contributed by atoms with Gasteiger partial charge < -0.3 is 35.6 Å². The smallest absolute Gasteiger partial charge is 0.151 e. The van der Waals surface area contributed by atoms with Gasteiger partial charge in [-0.2, -0.15) is 0 Å². The molecule has 0 saturated heterocycles. The summed E-state index contributed by atoms with van der Waals surface area (Å²) in [6, 6.07) is 0. The van der Waals surface area contributed by atoms with Crippen LogP contribution in [-0.4, -0.2) is 76.9 Å². The lowest BCUT2D eigenvalue weighted by molar-refractivity contribution is -0.136. The van der Waals surface area contributed by atoms with E-state index in [9.17, 15) is 4.79 Å². The lowest BCUT2D eigenvalue weighted by Crippen LogP contribution is -2.46. The molecule has 0 aliphatic carbocycles. The molecule has 0 rings (SSSR count). The Hall–Kier alpha value is -0.570. The highest BCUT2D eigenvalue weighted by atomic mass is 16.4. The van der Waals surface area contributed by atoms with Crippen LogP contribution in [0, 0.1) is 0 Å². The molecule has 92 valence electrons. The second-order valence-electron chi connectivity index (χ2n) is 2.86. The quantitative estimate of drug-likeness (QED) is 0.267. The highest BCUT2D eigenvalue weighted by Crippen LogP contribution is 2.02. The summed E-state index contributed by atoms with van der Waals surface area (Å²) in [5.74, 6) is 0. The Bertz CT molecular complexity index is 156. The van der Waals surface area contributed by atoms with E-state index < -0.39 is 31.0 Å².